The quantitative estimate of drug-likeness (QED) is 0.781. The minimum Gasteiger partial charge on any atom is -0.325 e. The van der Waals surface area contributed by atoms with E-state index in [0.29, 0.717) is 5.06 Å². The number of hydrogen-bond donors (Lipinski definition) is 0. The molecule has 102 valence electrons. The molecule has 1 fully saturated rings. The van der Waals surface area contributed by atoms with Crippen molar-refractivity contribution in [1.82, 2.24) is 5.06 Å². The summed E-state index contributed by atoms with van der Waals surface area (Å²) in [6.07, 6.45) is 0.152. The van der Waals surface area contributed by atoms with Crippen LogP contribution in [0.1, 0.15) is 35.7 Å². The zero-order valence-electron chi connectivity index (χ0n) is 10.7. The Morgan fingerprint density at radius 1 is 1.15 bits per heavy atom. The third-order valence-electron chi connectivity index (χ3n) is 3.25. The third-order valence-corrected chi connectivity index (χ3v) is 3.25. The van der Waals surface area contributed by atoms with Gasteiger partial charge in [0.15, 0.2) is 0 Å². The summed E-state index contributed by atoms with van der Waals surface area (Å²) >= 11 is 0. The molecule has 1 saturated heterocycles. The molecule has 0 saturated carbocycles. The number of imide groups is 1. The van der Waals surface area contributed by atoms with Crippen molar-refractivity contribution < 1.29 is 19.2 Å². The summed E-state index contributed by atoms with van der Waals surface area (Å²) in [6.45, 7) is 1.85. The van der Waals surface area contributed by atoms with Gasteiger partial charge in [-0.3, -0.25) is 9.59 Å². The Labute approximate surface area is 114 Å². The molecule has 0 atom stereocenters. The van der Waals surface area contributed by atoms with Crippen LogP contribution in [0.5, 0.6) is 0 Å². The van der Waals surface area contributed by atoms with Gasteiger partial charge in [-0.25, -0.2) is 4.79 Å². The van der Waals surface area contributed by atoms with E-state index in [2.05, 4.69) is 10.2 Å². The summed E-state index contributed by atoms with van der Waals surface area (Å²) in [5.74, 6) is -1.74. The van der Waals surface area contributed by atoms with E-state index in [0.717, 1.165) is 5.56 Å². The second-order valence-corrected chi connectivity index (χ2v) is 4.76. The highest BCUT2D eigenvalue weighted by Gasteiger charge is 2.36. The fraction of sp³-hybridized carbons (Fsp3) is 0.308. The zero-order chi connectivity index (χ0) is 14.3. The van der Waals surface area contributed by atoms with Crippen molar-refractivity contribution in [1.29, 1.82) is 0 Å². The van der Waals surface area contributed by atoms with Gasteiger partial charge in [0, 0.05) is 18.4 Å². The molecule has 0 aliphatic carbocycles. The van der Waals surface area contributed by atoms with Gasteiger partial charge < -0.3 is 4.84 Å². The first-order valence-electron chi connectivity index (χ1n) is 6.12. The van der Waals surface area contributed by atoms with Gasteiger partial charge in [0.05, 0.1) is 5.56 Å². The summed E-state index contributed by atoms with van der Waals surface area (Å²) in [5, 5.41) is 8.32. The Kier molecular flexibility index (Phi) is 2.63. The maximum Gasteiger partial charge on any atom is 0.363 e. The lowest BCUT2D eigenvalue weighted by atomic mass is 10.0. The molecule has 0 unspecified atom stereocenters. The van der Waals surface area contributed by atoms with Crippen molar-refractivity contribution in [3.8, 4) is 0 Å². The molecular formula is C13H11N3O4. The number of carbonyl (C=O) groups excluding carboxylic acids is 3. The van der Waals surface area contributed by atoms with Crippen LogP contribution in [-0.4, -0.2) is 22.8 Å². The van der Waals surface area contributed by atoms with Gasteiger partial charge in [-0.2, -0.15) is 10.2 Å². The molecule has 7 nitrogen and oxygen atoms in total. The first-order valence-corrected chi connectivity index (χ1v) is 6.12. The maximum absolute atomic E-state index is 11.9. The number of benzene rings is 1. The number of nitrogens with zero attached hydrogens (tertiary/aromatic N) is 3. The number of hydroxylamine groups is 2. The van der Waals surface area contributed by atoms with Crippen LogP contribution in [0.15, 0.2) is 34.5 Å². The summed E-state index contributed by atoms with van der Waals surface area (Å²) in [6, 6.07) is 6.53. The van der Waals surface area contributed by atoms with Crippen molar-refractivity contribution in [3.63, 3.8) is 0 Å². The van der Waals surface area contributed by atoms with Crippen molar-refractivity contribution >= 4 is 17.8 Å². The van der Waals surface area contributed by atoms with Crippen LogP contribution in [0, 0.1) is 0 Å². The smallest absolute Gasteiger partial charge is 0.325 e. The molecule has 2 aliphatic rings. The minimum atomic E-state index is -0.741. The summed E-state index contributed by atoms with van der Waals surface area (Å²) in [7, 11) is 0. The topological polar surface area (TPSA) is 88.4 Å². The van der Waals surface area contributed by atoms with E-state index in [1.165, 1.54) is 0 Å². The second-order valence-electron chi connectivity index (χ2n) is 4.76. The molecule has 0 N–H and O–H groups in total. The van der Waals surface area contributed by atoms with E-state index in [4.69, 9.17) is 4.84 Å². The number of amides is 2. The van der Waals surface area contributed by atoms with Crippen molar-refractivity contribution in [2.45, 2.75) is 25.4 Å². The highest BCUT2D eigenvalue weighted by molar-refractivity contribution is 6.02. The van der Waals surface area contributed by atoms with Crippen molar-refractivity contribution in [2.24, 2.45) is 10.2 Å². The van der Waals surface area contributed by atoms with E-state index < -0.39 is 23.4 Å². The van der Waals surface area contributed by atoms with E-state index in [1.807, 2.05) is 6.92 Å². The zero-order valence-corrected chi connectivity index (χ0v) is 10.7. The van der Waals surface area contributed by atoms with Gasteiger partial charge in [0.25, 0.3) is 11.8 Å². The molecule has 0 aromatic heterocycles. The van der Waals surface area contributed by atoms with E-state index >= 15 is 0 Å². The SMILES string of the molecule is CC1(c2ccc(C(=O)ON3C(=O)CCC3=O)cc2)N=N1. The Morgan fingerprint density at radius 2 is 1.70 bits per heavy atom. The predicted octanol–water partition coefficient (Wildman–Crippen LogP) is 1.55. The van der Waals surface area contributed by atoms with Crippen molar-refractivity contribution in [3.05, 3.63) is 35.4 Å². The van der Waals surface area contributed by atoms with Crippen LogP contribution < -0.4 is 0 Å². The standard InChI is InChI=1S/C13H11N3O4/c1-13(14-15-13)9-4-2-8(3-5-9)12(19)20-16-10(17)6-7-11(16)18/h2-5H,6-7H2,1H3. The molecule has 1 aromatic rings. The molecule has 7 heteroatoms. The van der Waals surface area contributed by atoms with Gasteiger partial charge in [-0.1, -0.05) is 12.1 Å². The monoisotopic (exact) mass is 273 g/mol. The van der Waals surface area contributed by atoms with Gasteiger partial charge in [-0.15, -0.1) is 5.06 Å². The Morgan fingerprint density at radius 3 is 2.20 bits per heavy atom. The van der Waals surface area contributed by atoms with Gasteiger partial charge in [0.1, 0.15) is 0 Å². The molecule has 0 spiro atoms. The van der Waals surface area contributed by atoms with Gasteiger partial charge >= 0.3 is 5.97 Å². The third kappa shape index (κ3) is 2.07. The number of hydrogen-bond acceptors (Lipinski definition) is 6. The Balaban J connectivity index is 1.71. The normalized spacial score (nSPS) is 19.4. The molecule has 2 aliphatic heterocycles. The molecule has 20 heavy (non-hydrogen) atoms. The molecule has 2 amide bonds. The van der Waals surface area contributed by atoms with Crippen LogP contribution in [0.4, 0.5) is 0 Å². The molecule has 2 heterocycles. The number of rotatable bonds is 3. The molecular weight excluding hydrogens is 262 g/mol. The van der Waals surface area contributed by atoms with E-state index in [9.17, 15) is 14.4 Å². The Bertz CT molecular complexity index is 614. The summed E-state index contributed by atoms with van der Waals surface area (Å²) < 4.78 is 0. The average Bonchev–Trinajstić information content (AvgIpc) is 3.13. The Hall–Kier alpha value is -2.57. The minimum absolute atomic E-state index is 0.0758. The van der Waals surface area contributed by atoms with Crippen molar-refractivity contribution in [2.75, 3.05) is 0 Å². The maximum atomic E-state index is 11.9. The second kappa shape index (κ2) is 4.22. The van der Waals surface area contributed by atoms with Crippen LogP contribution in [0.3, 0.4) is 0 Å². The number of carbonyl (C=O) groups is 3. The van der Waals surface area contributed by atoms with Gasteiger partial charge in [0.2, 0.25) is 5.66 Å². The average molecular weight is 273 g/mol. The fourth-order valence-corrected chi connectivity index (χ4v) is 1.91. The van der Waals surface area contributed by atoms with E-state index in [1.54, 1.807) is 24.3 Å². The van der Waals surface area contributed by atoms with Crippen LogP contribution in [0.2, 0.25) is 0 Å². The largest absolute Gasteiger partial charge is 0.363 e. The fourth-order valence-electron chi connectivity index (χ4n) is 1.91. The predicted molar refractivity (Wildman–Crippen MR) is 65.2 cm³/mol. The lowest BCUT2D eigenvalue weighted by Gasteiger charge is -2.12. The van der Waals surface area contributed by atoms with Crippen LogP contribution in [-0.2, 0) is 20.1 Å². The first kappa shape index (κ1) is 12.5. The van der Waals surface area contributed by atoms with Crippen LogP contribution in [0.25, 0.3) is 0 Å². The molecule has 1 aromatic carbocycles. The van der Waals surface area contributed by atoms with Gasteiger partial charge in [-0.05, 0) is 19.1 Å². The lowest BCUT2D eigenvalue weighted by Crippen LogP contribution is -2.32. The molecule has 3 rings (SSSR count). The highest BCUT2D eigenvalue weighted by Crippen LogP contribution is 2.38. The van der Waals surface area contributed by atoms with Crippen LogP contribution >= 0.6 is 0 Å². The van der Waals surface area contributed by atoms with E-state index in [-0.39, 0.29) is 18.4 Å². The molecule has 0 radical (unpaired) electrons. The summed E-state index contributed by atoms with van der Waals surface area (Å²) in [5.41, 5.74) is 0.608. The lowest BCUT2D eigenvalue weighted by molar-refractivity contribution is -0.172. The highest BCUT2D eigenvalue weighted by atomic mass is 16.7. The summed E-state index contributed by atoms with van der Waals surface area (Å²) in [4.78, 5) is 39.4. The molecule has 0 bridgehead atoms. The first-order chi connectivity index (χ1) is 9.49.